The molecule has 1 rings (SSSR count). The van der Waals surface area contributed by atoms with Crippen LogP contribution in [0.5, 0.6) is 5.75 Å². The first-order valence-electron chi connectivity index (χ1n) is 5.61. The average Bonchev–Trinajstić information content (AvgIpc) is 2.25. The topological polar surface area (TPSA) is 75.6 Å². The lowest BCUT2D eigenvalue weighted by Gasteiger charge is -2.11. The summed E-state index contributed by atoms with van der Waals surface area (Å²) in [6.45, 7) is 5.08. The first-order chi connectivity index (χ1) is 8.38. The second-order valence-corrected chi connectivity index (χ2v) is 4.24. The van der Waals surface area contributed by atoms with Gasteiger partial charge in [-0.2, -0.15) is 0 Å². The summed E-state index contributed by atoms with van der Waals surface area (Å²) in [5, 5.41) is 10.9. The van der Waals surface area contributed by atoms with Gasteiger partial charge in [0.25, 0.3) is 5.91 Å². The fraction of sp³-hybridized carbons (Fsp3) is 0.385. The lowest BCUT2D eigenvalue weighted by Crippen LogP contribution is -2.40. The van der Waals surface area contributed by atoms with Crippen molar-refractivity contribution in [2.24, 2.45) is 0 Å². The highest BCUT2D eigenvalue weighted by Gasteiger charge is 2.14. The zero-order valence-electron chi connectivity index (χ0n) is 10.7. The summed E-state index contributed by atoms with van der Waals surface area (Å²) >= 11 is 0. The molecule has 0 fully saturated rings. The van der Waals surface area contributed by atoms with E-state index in [1.165, 1.54) is 6.92 Å². The van der Waals surface area contributed by atoms with Crippen LogP contribution in [-0.4, -0.2) is 29.6 Å². The van der Waals surface area contributed by atoms with Gasteiger partial charge in [-0.05, 0) is 44.0 Å². The first-order valence-corrected chi connectivity index (χ1v) is 5.61. The van der Waals surface area contributed by atoms with Gasteiger partial charge in [-0.3, -0.25) is 9.59 Å². The summed E-state index contributed by atoms with van der Waals surface area (Å²) < 4.78 is 5.31. The van der Waals surface area contributed by atoms with Crippen LogP contribution < -0.4 is 10.1 Å². The molecule has 0 spiro atoms. The number of hydrogen-bond acceptors (Lipinski definition) is 3. The fourth-order valence-electron chi connectivity index (χ4n) is 1.51. The molecule has 0 aliphatic carbocycles. The Bertz CT molecular complexity index is 436. The Morgan fingerprint density at radius 2 is 1.83 bits per heavy atom. The Morgan fingerprint density at radius 3 is 2.33 bits per heavy atom. The molecule has 98 valence electrons. The van der Waals surface area contributed by atoms with Crippen molar-refractivity contribution in [3.8, 4) is 5.75 Å². The highest BCUT2D eigenvalue weighted by molar-refractivity contribution is 5.84. The number of aryl methyl sites for hydroxylation is 2. The third-order valence-corrected chi connectivity index (χ3v) is 2.31. The third kappa shape index (κ3) is 4.45. The van der Waals surface area contributed by atoms with Crippen LogP contribution in [-0.2, 0) is 9.59 Å². The Labute approximate surface area is 106 Å². The molecule has 5 nitrogen and oxygen atoms in total. The summed E-state index contributed by atoms with van der Waals surface area (Å²) in [5.41, 5.74) is 2.09. The highest BCUT2D eigenvalue weighted by atomic mass is 16.5. The van der Waals surface area contributed by atoms with Crippen molar-refractivity contribution in [3.05, 3.63) is 29.3 Å². The van der Waals surface area contributed by atoms with Crippen LogP contribution in [0.1, 0.15) is 18.1 Å². The maximum absolute atomic E-state index is 11.4. The van der Waals surface area contributed by atoms with Gasteiger partial charge in [-0.1, -0.05) is 6.07 Å². The van der Waals surface area contributed by atoms with Crippen LogP contribution in [0.15, 0.2) is 18.2 Å². The summed E-state index contributed by atoms with van der Waals surface area (Å²) in [6.07, 6.45) is 0. The molecule has 2 N–H and O–H groups in total. The monoisotopic (exact) mass is 251 g/mol. The van der Waals surface area contributed by atoms with Crippen LogP contribution in [0.3, 0.4) is 0 Å². The van der Waals surface area contributed by atoms with Crippen molar-refractivity contribution < 1.29 is 19.4 Å². The maximum atomic E-state index is 11.4. The number of aliphatic carboxylic acids is 1. The Hall–Kier alpha value is -2.04. The van der Waals surface area contributed by atoms with Crippen LogP contribution in [0.2, 0.25) is 0 Å². The second kappa shape index (κ2) is 6.05. The van der Waals surface area contributed by atoms with Gasteiger partial charge in [-0.15, -0.1) is 0 Å². The number of nitrogens with one attached hydrogen (secondary N) is 1. The molecule has 0 saturated carbocycles. The molecule has 18 heavy (non-hydrogen) atoms. The largest absolute Gasteiger partial charge is 0.484 e. The number of rotatable bonds is 5. The number of benzene rings is 1. The van der Waals surface area contributed by atoms with Crippen LogP contribution >= 0.6 is 0 Å². The molecular weight excluding hydrogens is 234 g/mol. The zero-order valence-corrected chi connectivity index (χ0v) is 10.7. The number of ether oxygens (including phenoxy) is 1. The minimum absolute atomic E-state index is 0.194. The van der Waals surface area contributed by atoms with E-state index in [0.29, 0.717) is 5.75 Å². The Kier molecular flexibility index (Phi) is 4.71. The number of carbonyl (C=O) groups is 2. The minimum atomic E-state index is -1.07. The number of carboxylic acid groups (broad SMARTS) is 1. The van der Waals surface area contributed by atoms with Gasteiger partial charge in [0.15, 0.2) is 6.61 Å². The Morgan fingerprint density at radius 1 is 1.28 bits per heavy atom. The molecule has 1 amide bonds. The number of carboxylic acids is 1. The molecule has 1 aromatic carbocycles. The van der Waals surface area contributed by atoms with Crippen molar-refractivity contribution >= 4 is 11.9 Å². The molecule has 0 heterocycles. The molecule has 0 aliphatic heterocycles. The average molecular weight is 251 g/mol. The van der Waals surface area contributed by atoms with Crippen LogP contribution in [0, 0.1) is 13.8 Å². The lowest BCUT2D eigenvalue weighted by atomic mass is 10.1. The fourth-order valence-corrected chi connectivity index (χ4v) is 1.51. The molecule has 0 aromatic heterocycles. The van der Waals surface area contributed by atoms with E-state index in [1.54, 1.807) is 0 Å². The quantitative estimate of drug-likeness (QED) is 0.826. The first kappa shape index (κ1) is 14.0. The predicted molar refractivity (Wildman–Crippen MR) is 66.7 cm³/mol. The minimum Gasteiger partial charge on any atom is -0.484 e. The maximum Gasteiger partial charge on any atom is 0.325 e. The summed E-state index contributed by atoms with van der Waals surface area (Å²) in [7, 11) is 0. The normalized spacial score (nSPS) is 11.7. The van der Waals surface area contributed by atoms with Crippen molar-refractivity contribution in [2.45, 2.75) is 26.8 Å². The van der Waals surface area contributed by atoms with Gasteiger partial charge in [-0.25, -0.2) is 0 Å². The molecule has 0 bridgehead atoms. The molecule has 0 aliphatic rings. The predicted octanol–water partition coefficient (Wildman–Crippen LogP) is 1.27. The van der Waals surface area contributed by atoms with E-state index in [2.05, 4.69) is 5.32 Å². The van der Waals surface area contributed by atoms with Gasteiger partial charge >= 0.3 is 5.97 Å². The van der Waals surface area contributed by atoms with Crippen molar-refractivity contribution in [3.63, 3.8) is 0 Å². The zero-order chi connectivity index (χ0) is 13.7. The van der Waals surface area contributed by atoms with E-state index in [4.69, 9.17) is 9.84 Å². The smallest absolute Gasteiger partial charge is 0.325 e. The molecular formula is C13H17NO4. The van der Waals surface area contributed by atoms with Crippen molar-refractivity contribution in [2.75, 3.05) is 6.61 Å². The molecule has 1 aromatic rings. The van der Waals surface area contributed by atoms with E-state index in [1.807, 2.05) is 32.0 Å². The van der Waals surface area contributed by atoms with Crippen molar-refractivity contribution in [1.29, 1.82) is 0 Å². The van der Waals surface area contributed by atoms with Gasteiger partial charge in [0.1, 0.15) is 11.8 Å². The van der Waals surface area contributed by atoms with Crippen LogP contribution in [0.25, 0.3) is 0 Å². The van der Waals surface area contributed by atoms with E-state index in [-0.39, 0.29) is 6.61 Å². The number of amides is 1. The van der Waals surface area contributed by atoms with Gasteiger partial charge < -0.3 is 15.2 Å². The molecule has 0 saturated heterocycles. The Balaban J connectivity index is 2.50. The standard InChI is InChI=1S/C13H17NO4/c1-8-4-9(2)6-11(5-8)18-7-12(15)14-10(3)13(16)17/h4-6,10H,7H2,1-3H3,(H,14,15)(H,16,17). The van der Waals surface area contributed by atoms with Gasteiger partial charge in [0, 0.05) is 0 Å². The third-order valence-electron chi connectivity index (χ3n) is 2.31. The van der Waals surface area contributed by atoms with E-state index in [0.717, 1.165) is 11.1 Å². The SMILES string of the molecule is Cc1cc(C)cc(OCC(=O)NC(C)C(=O)O)c1. The second-order valence-electron chi connectivity index (χ2n) is 4.24. The highest BCUT2D eigenvalue weighted by Crippen LogP contribution is 2.15. The molecule has 1 unspecified atom stereocenters. The van der Waals surface area contributed by atoms with Gasteiger partial charge in [0.05, 0.1) is 0 Å². The van der Waals surface area contributed by atoms with E-state index >= 15 is 0 Å². The van der Waals surface area contributed by atoms with Gasteiger partial charge in [0.2, 0.25) is 0 Å². The molecule has 5 heteroatoms. The lowest BCUT2D eigenvalue weighted by molar-refractivity contribution is -0.141. The van der Waals surface area contributed by atoms with E-state index < -0.39 is 17.9 Å². The van der Waals surface area contributed by atoms with Crippen molar-refractivity contribution in [1.82, 2.24) is 5.32 Å². The number of carbonyl (C=O) groups excluding carboxylic acids is 1. The summed E-state index contributed by atoms with van der Waals surface area (Å²) in [4.78, 5) is 21.9. The van der Waals surface area contributed by atoms with E-state index in [9.17, 15) is 9.59 Å². The molecule has 1 atom stereocenters. The van der Waals surface area contributed by atoms with Crippen LogP contribution in [0.4, 0.5) is 0 Å². The summed E-state index contributed by atoms with van der Waals surface area (Å²) in [5.74, 6) is -0.926. The molecule has 0 radical (unpaired) electrons. The summed E-state index contributed by atoms with van der Waals surface area (Å²) in [6, 6.07) is 4.72. The number of hydrogen-bond donors (Lipinski definition) is 2.